The Balaban J connectivity index is 5.53. The molecule has 5 amide bonds. The van der Waals surface area contributed by atoms with Gasteiger partial charge in [-0.1, -0.05) is 6.42 Å². The predicted molar refractivity (Wildman–Crippen MR) is 129 cm³/mol. The van der Waals surface area contributed by atoms with E-state index in [0.29, 0.717) is 45.2 Å². The van der Waals surface area contributed by atoms with Crippen LogP contribution in [0.1, 0.15) is 57.8 Å². The van der Waals surface area contributed by atoms with Crippen LogP contribution in [0.25, 0.3) is 0 Å². The van der Waals surface area contributed by atoms with E-state index in [1.54, 1.807) is 0 Å². The van der Waals surface area contributed by atoms with Crippen LogP contribution in [-0.2, 0) is 28.8 Å². The van der Waals surface area contributed by atoms with E-state index in [9.17, 15) is 33.9 Å². The van der Waals surface area contributed by atoms with Gasteiger partial charge in [-0.3, -0.25) is 24.0 Å². The van der Waals surface area contributed by atoms with Gasteiger partial charge in [0.1, 0.15) is 18.1 Å². The van der Waals surface area contributed by atoms with Crippen molar-refractivity contribution in [2.24, 2.45) is 28.7 Å². The third-order valence-electron chi connectivity index (χ3n) is 5.22. The van der Waals surface area contributed by atoms with Crippen LogP contribution in [0.2, 0.25) is 0 Å². The zero-order chi connectivity index (χ0) is 27.7. The fourth-order valence-electron chi connectivity index (χ4n) is 3.18. The minimum absolute atomic E-state index is 0.0901. The molecule has 0 spiro atoms. The summed E-state index contributed by atoms with van der Waals surface area (Å²) < 4.78 is 0. The SMILES string of the molecule is NCCCCC(N)C(=O)NC(CCC(N)=O)C(=O)NC(CCCCN)C(=O)NC(CC(N)=O)C(=O)O. The number of hydrogen-bond acceptors (Lipinski definition) is 9. The third-order valence-corrected chi connectivity index (χ3v) is 5.22. The van der Waals surface area contributed by atoms with Gasteiger partial charge in [0.25, 0.3) is 0 Å². The number of unbranched alkanes of at least 4 members (excludes halogenated alkanes) is 2. The molecule has 0 aliphatic carbocycles. The third kappa shape index (κ3) is 14.2. The first-order valence-electron chi connectivity index (χ1n) is 11.8. The first-order valence-corrected chi connectivity index (χ1v) is 11.8. The molecule has 36 heavy (non-hydrogen) atoms. The van der Waals surface area contributed by atoms with E-state index in [1.165, 1.54) is 0 Å². The fourth-order valence-corrected chi connectivity index (χ4v) is 3.18. The van der Waals surface area contributed by atoms with Gasteiger partial charge in [0.2, 0.25) is 29.5 Å². The van der Waals surface area contributed by atoms with Gasteiger partial charge in [0, 0.05) is 6.42 Å². The van der Waals surface area contributed by atoms with Crippen molar-refractivity contribution in [2.75, 3.05) is 13.1 Å². The lowest BCUT2D eigenvalue weighted by Crippen LogP contribution is -2.57. The summed E-state index contributed by atoms with van der Waals surface area (Å²) in [6.45, 7) is 0.759. The number of amides is 5. The van der Waals surface area contributed by atoms with Crippen LogP contribution in [0, 0.1) is 0 Å². The van der Waals surface area contributed by atoms with E-state index >= 15 is 0 Å². The molecule has 0 aromatic rings. The molecule has 0 aliphatic rings. The Hall–Kier alpha value is -3.30. The Kier molecular flexibility index (Phi) is 16.4. The number of carbonyl (C=O) groups is 6. The first kappa shape index (κ1) is 32.7. The van der Waals surface area contributed by atoms with Crippen molar-refractivity contribution in [1.29, 1.82) is 0 Å². The minimum atomic E-state index is -1.60. The number of carbonyl (C=O) groups excluding carboxylic acids is 5. The second kappa shape index (κ2) is 18.0. The van der Waals surface area contributed by atoms with Crippen molar-refractivity contribution >= 4 is 35.5 Å². The molecule has 0 radical (unpaired) electrons. The van der Waals surface area contributed by atoms with Crippen LogP contribution >= 0.6 is 0 Å². The van der Waals surface area contributed by atoms with Crippen molar-refractivity contribution < 1.29 is 33.9 Å². The summed E-state index contributed by atoms with van der Waals surface area (Å²) in [6.07, 6.45) is 1.57. The Morgan fingerprint density at radius 2 is 1.11 bits per heavy atom. The average molecular weight is 517 g/mol. The summed E-state index contributed by atoms with van der Waals surface area (Å²) >= 11 is 0. The summed E-state index contributed by atoms with van der Waals surface area (Å²) in [5.41, 5.74) is 27.0. The molecule has 0 heterocycles. The van der Waals surface area contributed by atoms with E-state index in [2.05, 4.69) is 16.0 Å². The monoisotopic (exact) mass is 516 g/mol. The molecule has 0 fully saturated rings. The number of carboxylic acids is 1. The molecule has 0 saturated heterocycles. The van der Waals surface area contributed by atoms with Gasteiger partial charge in [0.05, 0.1) is 12.5 Å². The molecule has 0 bridgehead atoms. The highest BCUT2D eigenvalue weighted by Gasteiger charge is 2.30. The van der Waals surface area contributed by atoms with Crippen molar-refractivity contribution in [3.63, 3.8) is 0 Å². The van der Waals surface area contributed by atoms with E-state index in [1.807, 2.05) is 0 Å². The summed E-state index contributed by atoms with van der Waals surface area (Å²) in [6, 6.07) is -4.98. The molecule has 4 unspecified atom stereocenters. The zero-order valence-electron chi connectivity index (χ0n) is 20.4. The van der Waals surface area contributed by atoms with E-state index in [4.69, 9.17) is 28.7 Å². The van der Waals surface area contributed by atoms with E-state index < -0.39 is 66.1 Å². The van der Waals surface area contributed by atoms with E-state index in [-0.39, 0.29) is 19.3 Å². The topological polar surface area (TPSA) is 289 Å². The second-order valence-electron chi connectivity index (χ2n) is 8.37. The number of rotatable bonds is 20. The maximum atomic E-state index is 13.0. The normalized spacial score (nSPS) is 14.1. The van der Waals surface area contributed by atoms with Crippen LogP contribution in [0.4, 0.5) is 0 Å². The number of hydrogen-bond donors (Lipinski definition) is 9. The second-order valence-corrected chi connectivity index (χ2v) is 8.37. The molecule has 15 nitrogen and oxygen atoms in total. The molecule has 0 rings (SSSR count). The molecule has 206 valence electrons. The molecule has 14 N–H and O–H groups in total. The van der Waals surface area contributed by atoms with Crippen LogP contribution in [0.5, 0.6) is 0 Å². The molecular weight excluding hydrogens is 476 g/mol. The summed E-state index contributed by atoms with van der Waals surface area (Å²) in [7, 11) is 0. The number of primary amides is 2. The Morgan fingerprint density at radius 3 is 1.58 bits per heavy atom. The van der Waals surface area contributed by atoms with Gasteiger partial charge in [-0.05, 0) is 51.6 Å². The number of carboxylic acid groups (broad SMARTS) is 1. The highest BCUT2D eigenvalue weighted by Crippen LogP contribution is 2.06. The lowest BCUT2D eigenvalue weighted by Gasteiger charge is -2.25. The predicted octanol–water partition coefficient (Wildman–Crippen LogP) is -3.75. The Bertz CT molecular complexity index is 765. The van der Waals surface area contributed by atoms with Crippen molar-refractivity contribution in [3.05, 3.63) is 0 Å². The summed E-state index contributed by atoms with van der Waals surface area (Å²) in [4.78, 5) is 72.0. The highest BCUT2D eigenvalue weighted by molar-refractivity contribution is 5.95. The fraction of sp³-hybridized carbons (Fsp3) is 0.714. The largest absolute Gasteiger partial charge is 0.480 e. The van der Waals surface area contributed by atoms with Crippen molar-refractivity contribution in [2.45, 2.75) is 82.0 Å². The van der Waals surface area contributed by atoms with Crippen molar-refractivity contribution in [3.8, 4) is 0 Å². The highest BCUT2D eigenvalue weighted by atomic mass is 16.4. The zero-order valence-corrected chi connectivity index (χ0v) is 20.4. The molecule has 0 aromatic carbocycles. The number of nitrogens with one attached hydrogen (secondary N) is 3. The average Bonchev–Trinajstić information content (AvgIpc) is 2.79. The molecule has 0 aliphatic heterocycles. The van der Waals surface area contributed by atoms with Crippen LogP contribution < -0.4 is 44.6 Å². The van der Waals surface area contributed by atoms with Crippen LogP contribution in [0.3, 0.4) is 0 Å². The first-order chi connectivity index (χ1) is 16.9. The Morgan fingerprint density at radius 1 is 0.639 bits per heavy atom. The maximum absolute atomic E-state index is 13.0. The smallest absolute Gasteiger partial charge is 0.326 e. The van der Waals surface area contributed by atoms with E-state index in [0.717, 1.165) is 0 Å². The van der Waals surface area contributed by atoms with Gasteiger partial charge in [-0.2, -0.15) is 0 Å². The molecule has 15 heteroatoms. The summed E-state index contributed by atoms with van der Waals surface area (Å²) in [5.74, 6) is -5.43. The maximum Gasteiger partial charge on any atom is 0.326 e. The van der Waals surface area contributed by atoms with Crippen LogP contribution in [0.15, 0.2) is 0 Å². The quantitative estimate of drug-likeness (QED) is 0.0712. The molecule has 0 aromatic heterocycles. The van der Waals surface area contributed by atoms with Gasteiger partial charge in [-0.25, -0.2) is 4.79 Å². The number of nitrogens with two attached hydrogens (primary N) is 5. The summed E-state index contributed by atoms with van der Waals surface area (Å²) in [5, 5.41) is 16.4. The van der Waals surface area contributed by atoms with Crippen LogP contribution in [-0.4, -0.2) is 77.9 Å². The lowest BCUT2D eigenvalue weighted by atomic mass is 10.0. The van der Waals surface area contributed by atoms with Crippen molar-refractivity contribution in [1.82, 2.24) is 16.0 Å². The van der Waals surface area contributed by atoms with Gasteiger partial charge < -0.3 is 49.7 Å². The molecular formula is C21H40N8O7. The number of aliphatic carboxylic acids is 1. The standard InChI is InChI=1S/C21H40N8O7/c22-9-3-1-5-12(24)18(32)27-14(7-8-16(25)30)20(34)28-13(6-2-4-10-23)19(33)29-15(21(35)36)11-17(26)31/h12-15H,1-11,22-24H2,(H2,25,30)(H2,26,31)(H,27,32)(H,28,34)(H,29,33)(H,35,36). The molecule has 0 saturated carbocycles. The van der Waals surface area contributed by atoms with Gasteiger partial charge in [0.15, 0.2) is 0 Å². The van der Waals surface area contributed by atoms with Gasteiger partial charge in [-0.15, -0.1) is 0 Å². The van der Waals surface area contributed by atoms with Gasteiger partial charge >= 0.3 is 5.97 Å². The Labute approximate surface area is 209 Å². The molecule has 4 atom stereocenters. The minimum Gasteiger partial charge on any atom is -0.480 e. The lowest BCUT2D eigenvalue weighted by molar-refractivity contribution is -0.143.